The third-order valence-corrected chi connectivity index (χ3v) is 7.15. The maximum Gasteiger partial charge on any atom is 0.188 e. The topological polar surface area (TPSA) is 47.8 Å². The molecular formula is C34H24BrN3O. The first-order valence-electron chi connectivity index (χ1n) is 12.7. The molecule has 0 amide bonds. The standard InChI is InChI=1S/C34H24BrN3O/c1-23-32(33(24-11-5-2-6-12-24)29-21-27(35)18-19-30(29)36-23)31(39)20-17-26-22-38(28-15-9-4-10-16-28)37-34(26)25-13-7-3-8-14-25/h2-22H,1H3/b20-17+. The van der Waals surface area contributed by atoms with Crippen molar-refractivity contribution in [2.75, 3.05) is 0 Å². The zero-order valence-corrected chi connectivity index (χ0v) is 22.8. The highest BCUT2D eigenvalue weighted by molar-refractivity contribution is 9.10. The third kappa shape index (κ3) is 4.97. The monoisotopic (exact) mass is 569 g/mol. The van der Waals surface area contributed by atoms with E-state index in [4.69, 9.17) is 10.1 Å². The molecule has 39 heavy (non-hydrogen) atoms. The molecule has 0 saturated carbocycles. The van der Waals surface area contributed by atoms with E-state index in [1.165, 1.54) is 0 Å². The summed E-state index contributed by atoms with van der Waals surface area (Å²) < 4.78 is 2.79. The normalized spacial score (nSPS) is 11.3. The molecule has 0 bridgehead atoms. The molecule has 2 heterocycles. The molecule has 0 spiro atoms. The van der Waals surface area contributed by atoms with Crippen LogP contribution in [0.1, 0.15) is 21.6 Å². The summed E-state index contributed by atoms with van der Waals surface area (Å²) in [5, 5.41) is 5.80. The van der Waals surface area contributed by atoms with Crippen LogP contribution in [-0.2, 0) is 0 Å². The summed E-state index contributed by atoms with van der Waals surface area (Å²) in [6, 6.07) is 36.0. The van der Waals surface area contributed by atoms with Crippen LogP contribution >= 0.6 is 15.9 Å². The number of rotatable bonds is 6. The van der Waals surface area contributed by atoms with Crippen molar-refractivity contribution in [3.8, 4) is 28.1 Å². The average molecular weight is 570 g/mol. The zero-order chi connectivity index (χ0) is 26.8. The van der Waals surface area contributed by atoms with Crippen molar-refractivity contribution in [2.45, 2.75) is 6.92 Å². The second-order valence-electron chi connectivity index (χ2n) is 9.25. The summed E-state index contributed by atoms with van der Waals surface area (Å²) in [5.74, 6) is -0.104. The number of hydrogen-bond donors (Lipinski definition) is 0. The maximum absolute atomic E-state index is 13.9. The molecule has 6 rings (SSSR count). The number of nitrogens with zero attached hydrogens (tertiary/aromatic N) is 3. The van der Waals surface area contributed by atoms with Crippen LogP contribution in [0.3, 0.4) is 0 Å². The summed E-state index contributed by atoms with van der Waals surface area (Å²) in [6.45, 7) is 1.90. The number of carbonyl (C=O) groups excluding carboxylic acids is 1. The fraction of sp³-hybridized carbons (Fsp3) is 0.0294. The van der Waals surface area contributed by atoms with Gasteiger partial charge in [0.25, 0.3) is 0 Å². The SMILES string of the molecule is Cc1nc2ccc(Br)cc2c(-c2ccccc2)c1C(=O)/C=C/c1cn(-c2ccccc2)nc1-c1ccccc1. The Labute approximate surface area is 235 Å². The van der Waals surface area contributed by atoms with E-state index in [0.717, 1.165) is 49.0 Å². The van der Waals surface area contributed by atoms with Crippen LogP contribution in [0.2, 0.25) is 0 Å². The molecule has 4 aromatic carbocycles. The van der Waals surface area contributed by atoms with E-state index in [1.54, 1.807) is 6.08 Å². The van der Waals surface area contributed by atoms with Gasteiger partial charge in [-0.25, -0.2) is 4.68 Å². The van der Waals surface area contributed by atoms with Crippen molar-refractivity contribution >= 4 is 38.7 Å². The number of ketones is 1. The second-order valence-corrected chi connectivity index (χ2v) is 10.2. The highest BCUT2D eigenvalue weighted by Crippen LogP contribution is 2.35. The average Bonchev–Trinajstić information content (AvgIpc) is 3.41. The summed E-state index contributed by atoms with van der Waals surface area (Å²) in [6.07, 6.45) is 5.46. The molecule has 0 unspecified atom stereocenters. The molecule has 0 aliphatic heterocycles. The molecule has 0 aliphatic carbocycles. The lowest BCUT2D eigenvalue weighted by molar-refractivity contribution is 0.104. The minimum atomic E-state index is -0.104. The number of aryl methyl sites for hydroxylation is 1. The van der Waals surface area contributed by atoms with E-state index < -0.39 is 0 Å². The van der Waals surface area contributed by atoms with E-state index >= 15 is 0 Å². The highest BCUT2D eigenvalue weighted by atomic mass is 79.9. The summed E-state index contributed by atoms with van der Waals surface area (Å²) >= 11 is 3.60. The number of carbonyl (C=O) groups is 1. The van der Waals surface area contributed by atoms with Crippen LogP contribution in [0.5, 0.6) is 0 Å². The molecule has 0 saturated heterocycles. The quantitative estimate of drug-likeness (QED) is 0.149. The number of para-hydroxylation sites is 1. The Kier molecular flexibility index (Phi) is 6.74. The molecule has 188 valence electrons. The van der Waals surface area contributed by atoms with Crippen LogP contribution in [0.25, 0.3) is 45.1 Å². The third-order valence-electron chi connectivity index (χ3n) is 6.66. The lowest BCUT2D eigenvalue weighted by Crippen LogP contribution is -2.05. The molecule has 0 radical (unpaired) electrons. The van der Waals surface area contributed by atoms with Gasteiger partial charge >= 0.3 is 0 Å². The van der Waals surface area contributed by atoms with Gasteiger partial charge in [-0.1, -0.05) is 94.8 Å². The molecule has 6 aromatic rings. The molecular weight excluding hydrogens is 546 g/mol. The summed E-state index contributed by atoms with van der Waals surface area (Å²) in [4.78, 5) is 18.7. The van der Waals surface area contributed by atoms with Gasteiger partial charge < -0.3 is 0 Å². The Morgan fingerprint density at radius 1 is 0.821 bits per heavy atom. The molecule has 5 heteroatoms. The lowest BCUT2D eigenvalue weighted by atomic mass is 9.92. The van der Waals surface area contributed by atoms with Gasteiger partial charge in [0.1, 0.15) is 0 Å². The van der Waals surface area contributed by atoms with E-state index in [0.29, 0.717) is 11.3 Å². The van der Waals surface area contributed by atoms with Crippen molar-refractivity contribution in [2.24, 2.45) is 0 Å². The zero-order valence-electron chi connectivity index (χ0n) is 21.3. The van der Waals surface area contributed by atoms with Crippen LogP contribution in [0.4, 0.5) is 0 Å². The Hall–Kier alpha value is -4.61. The first kappa shape index (κ1) is 24.7. The van der Waals surface area contributed by atoms with Gasteiger partial charge in [0.05, 0.1) is 22.5 Å². The molecule has 0 N–H and O–H groups in total. The van der Waals surface area contributed by atoms with E-state index in [-0.39, 0.29) is 5.78 Å². The first-order chi connectivity index (χ1) is 19.1. The van der Waals surface area contributed by atoms with Gasteiger partial charge in [0, 0.05) is 38.4 Å². The molecule has 2 aromatic heterocycles. The van der Waals surface area contributed by atoms with Crippen LogP contribution in [-0.4, -0.2) is 20.5 Å². The van der Waals surface area contributed by atoms with Gasteiger partial charge in [-0.3, -0.25) is 9.78 Å². The van der Waals surface area contributed by atoms with Crippen molar-refractivity contribution in [1.82, 2.24) is 14.8 Å². The minimum absolute atomic E-state index is 0.104. The van der Waals surface area contributed by atoms with Gasteiger partial charge in [-0.15, -0.1) is 0 Å². The van der Waals surface area contributed by atoms with Crippen LogP contribution in [0, 0.1) is 6.92 Å². The molecule has 0 atom stereocenters. The van der Waals surface area contributed by atoms with Gasteiger partial charge in [-0.05, 0) is 55.0 Å². The fourth-order valence-corrected chi connectivity index (χ4v) is 5.22. The largest absolute Gasteiger partial charge is 0.289 e. The van der Waals surface area contributed by atoms with Gasteiger partial charge in [0.2, 0.25) is 0 Å². The van der Waals surface area contributed by atoms with Crippen molar-refractivity contribution in [1.29, 1.82) is 0 Å². The van der Waals surface area contributed by atoms with Crippen molar-refractivity contribution < 1.29 is 4.79 Å². The van der Waals surface area contributed by atoms with E-state index in [1.807, 2.05) is 133 Å². The predicted molar refractivity (Wildman–Crippen MR) is 162 cm³/mol. The second kappa shape index (κ2) is 10.6. The summed E-state index contributed by atoms with van der Waals surface area (Å²) in [5.41, 5.74) is 7.61. The first-order valence-corrected chi connectivity index (χ1v) is 13.5. The van der Waals surface area contributed by atoms with E-state index in [9.17, 15) is 4.79 Å². The number of benzene rings is 4. The summed E-state index contributed by atoms with van der Waals surface area (Å²) in [7, 11) is 0. The number of pyridine rings is 1. The number of halogens is 1. The Bertz CT molecular complexity index is 1830. The highest BCUT2D eigenvalue weighted by Gasteiger charge is 2.20. The molecule has 0 fully saturated rings. The number of fused-ring (bicyclic) bond motifs is 1. The Balaban J connectivity index is 1.48. The van der Waals surface area contributed by atoms with Gasteiger partial charge in [0.15, 0.2) is 5.78 Å². The van der Waals surface area contributed by atoms with E-state index in [2.05, 4.69) is 15.9 Å². The number of aromatic nitrogens is 3. The van der Waals surface area contributed by atoms with Crippen LogP contribution < -0.4 is 0 Å². The smallest absolute Gasteiger partial charge is 0.188 e. The van der Waals surface area contributed by atoms with Crippen molar-refractivity contribution in [3.05, 3.63) is 143 Å². The fourth-order valence-electron chi connectivity index (χ4n) is 4.86. The maximum atomic E-state index is 13.9. The van der Waals surface area contributed by atoms with Crippen LogP contribution in [0.15, 0.2) is 126 Å². The lowest BCUT2D eigenvalue weighted by Gasteiger charge is -2.14. The Morgan fingerprint density at radius 3 is 2.15 bits per heavy atom. The minimum Gasteiger partial charge on any atom is -0.289 e. The number of hydrogen-bond acceptors (Lipinski definition) is 3. The van der Waals surface area contributed by atoms with Crippen molar-refractivity contribution in [3.63, 3.8) is 0 Å². The van der Waals surface area contributed by atoms with Gasteiger partial charge in [-0.2, -0.15) is 5.10 Å². The predicted octanol–water partition coefficient (Wildman–Crippen LogP) is 8.72. The molecule has 0 aliphatic rings. The number of allylic oxidation sites excluding steroid dienone is 1. The Morgan fingerprint density at radius 2 is 1.46 bits per heavy atom. The molecule has 4 nitrogen and oxygen atoms in total.